The zero-order chi connectivity index (χ0) is 36.7. The highest BCUT2D eigenvalue weighted by Crippen LogP contribution is 2.38. The van der Waals surface area contributed by atoms with Crippen LogP contribution in [0.15, 0.2) is 70.7 Å². The molecule has 3 unspecified atom stereocenters. The van der Waals surface area contributed by atoms with Gasteiger partial charge < -0.3 is 53.6 Å². The number of aliphatic hydroxyl groups excluding tert-OH is 3. The number of rotatable bonds is 15. The molecule has 1 aromatic heterocycles. The lowest BCUT2D eigenvalue weighted by molar-refractivity contribution is -0.118. The van der Waals surface area contributed by atoms with Crippen LogP contribution in [-0.2, 0) is 17.8 Å². The summed E-state index contributed by atoms with van der Waals surface area (Å²) in [6, 6.07) is 14.6. The average Bonchev–Trinajstić information content (AvgIpc) is 3.60. The number of nitrogens with zero attached hydrogens (tertiary/aromatic N) is 1. The van der Waals surface area contributed by atoms with Gasteiger partial charge in [-0.3, -0.25) is 9.59 Å². The fourth-order valence-electron chi connectivity index (χ4n) is 6.07. The third kappa shape index (κ3) is 8.35. The summed E-state index contributed by atoms with van der Waals surface area (Å²) in [6.45, 7) is -0.427. The lowest BCUT2D eigenvalue weighted by Gasteiger charge is -2.40. The van der Waals surface area contributed by atoms with Crippen LogP contribution < -0.4 is 29.0 Å². The molecule has 14 heteroatoms. The molecule has 1 aliphatic rings. The number of carbonyl (C=O) groups is 2. The van der Waals surface area contributed by atoms with Gasteiger partial charge in [0.15, 0.2) is 28.6 Å². The molecule has 5 rings (SSSR count). The third-order valence-electron chi connectivity index (χ3n) is 8.65. The third-order valence-corrected chi connectivity index (χ3v) is 9.45. The van der Waals surface area contributed by atoms with Gasteiger partial charge in [-0.2, -0.15) is 0 Å². The topological polar surface area (TPSA) is 169 Å². The molecule has 0 fully saturated rings. The molecule has 0 saturated heterocycles. The van der Waals surface area contributed by atoms with Gasteiger partial charge in [0.25, 0.3) is 5.91 Å². The second-order valence-corrected chi connectivity index (χ2v) is 12.9. The van der Waals surface area contributed by atoms with Crippen molar-refractivity contribution in [3.05, 3.63) is 86.7 Å². The maximum atomic E-state index is 14.6. The van der Waals surface area contributed by atoms with E-state index < -0.39 is 30.1 Å². The molecule has 0 saturated carbocycles. The van der Waals surface area contributed by atoms with Gasteiger partial charge in [0, 0.05) is 30.5 Å². The number of furan rings is 1. The molecule has 0 radical (unpaired) electrons. The second kappa shape index (κ2) is 17.1. The van der Waals surface area contributed by atoms with E-state index in [1.54, 1.807) is 62.8 Å². The molecule has 272 valence electrons. The molecule has 13 nitrogen and oxygen atoms in total. The molecule has 1 aliphatic carbocycles. The largest absolute Gasteiger partial charge is 0.497 e. The highest BCUT2D eigenvalue weighted by atomic mass is 127. The lowest BCUT2D eigenvalue weighted by Crippen LogP contribution is -2.55. The van der Waals surface area contributed by atoms with Crippen LogP contribution in [0.25, 0.3) is 11.0 Å². The number of hydrogen-bond acceptors (Lipinski definition) is 11. The van der Waals surface area contributed by atoms with Crippen LogP contribution in [0.3, 0.4) is 0 Å². The lowest BCUT2D eigenvalue weighted by atomic mass is 9.87. The van der Waals surface area contributed by atoms with Crippen molar-refractivity contribution in [3.63, 3.8) is 0 Å². The van der Waals surface area contributed by atoms with Gasteiger partial charge >= 0.3 is 0 Å². The Hall–Kier alpha value is -4.51. The number of benzene rings is 3. The number of para-hydroxylation sites is 1. The smallest absolute Gasteiger partial charge is 0.289 e. The first-order chi connectivity index (χ1) is 24.6. The number of ether oxygens (including phenoxy) is 5. The monoisotopic (exact) mass is 816 g/mol. The van der Waals surface area contributed by atoms with Gasteiger partial charge in [-0.15, -0.1) is 0 Å². The average molecular weight is 817 g/mol. The Morgan fingerprint density at radius 2 is 1.73 bits per heavy atom. The summed E-state index contributed by atoms with van der Waals surface area (Å²) >= 11 is 2.05. The van der Waals surface area contributed by atoms with Gasteiger partial charge in [0.1, 0.15) is 23.7 Å². The van der Waals surface area contributed by atoms with Crippen LogP contribution in [-0.4, -0.2) is 98.4 Å². The minimum atomic E-state index is -1.34. The molecule has 3 atom stereocenters. The maximum absolute atomic E-state index is 14.6. The Morgan fingerprint density at radius 3 is 2.41 bits per heavy atom. The first-order valence-corrected chi connectivity index (χ1v) is 17.2. The van der Waals surface area contributed by atoms with Crippen molar-refractivity contribution in [2.75, 3.05) is 48.1 Å². The first kappa shape index (κ1) is 37.7. The molecule has 51 heavy (non-hydrogen) atoms. The molecule has 2 amide bonds. The van der Waals surface area contributed by atoms with Crippen LogP contribution in [0.1, 0.15) is 28.1 Å². The van der Waals surface area contributed by atoms with E-state index >= 15 is 0 Å². The number of nitrogens with one attached hydrogen (secondary N) is 1. The molecule has 4 aromatic rings. The van der Waals surface area contributed by atoms with Crippen LogP contribution in [0.5, 0.6) is 28.7 Å². The Balaban J connectivity index is 1.59. The number of carbonyl (C=O) groups excluding carboxylic acids is 2. The number of amides is 2. The van der Waals surface area contributed by atoms with E-state index in [1.165, 1.54) is 25.2 Å². The number of methoxy groups -OCH3 is 4. The summed E-state index contributed by atoms with van der Waals surface area (Å²) in [5, 5.41) is 34.5. The van der Waals surface area contributed by atoms with Crippen LogP contribution in [0, 0.1) is 3.57 Å². The van der Waals surface area contributed by atoms with Gasteiger partial charge in [-0.1, -0.05) is 12.1 Å². The highest BCUT2D eigenvalue weighted by Gasteiger charge is 2.42. The van der Waals surface area contributed by atoms with E-state index in [-0.39, 0.29) is 56.2 Å². The zero-order valence-corrected chi connectivity index (χ0v) is 30.8. The Morgan fingerprint density at radius 1 is 0.961 bits per heavy atom. The predicted molar refractivity (Wildman–Crippen MR) is 196 cm³/mol. The Bertz CT molecular complexity index is 1890. The quantitative estimate of drug-likeness (QED) is 0.129. The van der Waals surface area contributed by atoms with Gasteiger partial charge in [0.05, 0.1) is 51.3 Å². The van der Waals surface area contributed by atoms with Gasteiger partial charge in [-0.25, -0.2) is 0 Å². The molecular formula is C37H41IN2O11. The second-order valence-electron chi connectivity index (χ2n) is 11.7. The summed E-state index contributed by atoms with van der Waals surface area (Å²) in [5.74, 6) is 1.22. The number of aliphatic hydroxyl groups is 3. The normalized spacial score (nSPS) is 17.0. The van der Waals surface area contributed by atoms with Crippen LogP contribution in [0.2, 0.25) is 0 Å². The molecule has 3 aromatic carbocycles. The zero-order valence-electron chi connectivity index (χ0n) is 28.7. The molecule has 1 heterocycles. The van der Waals surface area contributed by atoms with Gasteiger partial charge in [0.2, 0.25) is 5.91 Å². The van der Waals surface area contributed by atoms with E-state index in [4.69, 9.17) is 28.1 Å². The van der Waals surface area contributed by atoms with E-state index in [1.807, 2.05) is 28.7 Å². The van der Waals surface area contributed by atoms with Crippen molar-refractivity contribution < 1.29 is 53.0 Å². The predicted octanol–water partition coefficient (Wildman–Crippen LogP) is 3.86. The van der Waals surface area contributed by atoms with Crippen LogP contribution in [0.4, 0.5) is 0 Å². The minimum absolute atomic E-state index is 0.00234. The van der Waals surface area contributed by atoms with Crippen molar-refractivity contribution in [1.82, 2.24) is 10.2 Å². The number of hydrogen-bond donors (Lipinski definition) is 4. The number of fused-ring (bicyclic) bond motifs is 1. The first-order valence-electron chi connectivity index (χ1n) is 16.2. The van der Waals surface area contributed by atoms with E-state index in [9.17, 15) is 24.9 Å². The van der Waals surface area contributed by atoms with Crippen molar-refractivity contribution in [1.29, 1.82) is 0 Å². The highest BCUT2D eigenvalue weighted by molar-refractivity contribution is 14.1. The van der Waals surface area contributed by atoms with E-state index in [0.29, 0.717) is 43.1 Å². The fraction of sp³-hybridized carbons (Fsp3) is 0.351. The summed E-state index contributed by atoms with van der Waals surface area (Å²) in [6.07, 6.45) is -0.705. The van der Waals surface area contributed by atoms with Crippen molar-refractivity contribution >= 4 is 45.4 Å². The standard InChI is InChI=1S/C37H41IN2O11/c1-46-25-8-9-28(47-2)22(16-25)10-12-40(37(45)32-18-23-6-5-7-29(48-3)34(23)51-32)27-17-24(36(44)39-11-13-41)19-30(33(27)43)50-35-26(38)14-21(20-42)15-31(35)49-4/h5-9,14-16,18-19,27,30,33,41-43H,10-13,17,20H2,1-4H3,(H,39,44). The molecular weight excluding hydrogens is 775 g/mol. The van der Waals surface area contributed by atoms with Crippen molar-refractivity contribution in [3.8, 4) is 28.7 Å². The van der Waals surface area contributed by atoms with Gasteiger partial charge in [-0.05, 0) is 88.7 Å². The van der Waals surface area contributed by atoms with E-state index in [0.717, 1.165) is 5.56 Å². The fourth-order valence-corrected chi connectivity index (χ4v) is 6.87. The minimum Gasteiger partial charge on any atom is -0.497 e. The summed E-state index contributed by atoms with van der Waals surface area (Å²) in [4.78, 5) is 29.5. The van der Waals surface area contributed by atoms with Crippen molar-refractivity contribution in [2.45, 2.75) is 37.7 Å². The Kier molecular flexibility index (Phi) is 12.7. The van der Waals surface area contributed by atoms with Crippen LogP contribution >= 0.6 is 22.6 Å². The Labute approximate surface area is 308 Å². The maximum Gasteiger partial charge on any atom is 0.289 e. The summed E-state index contributed by atoms with van der Waals surface area (Å²) in [5.41, 5.74) is 1.98. The van der Waals surface area contributed by atoms with Crippen molar-refractivity contribution in [2.24, 2.45) is 0 Å². The van der Waals surface area contributed by atoms with E-state index in [2.05, 4.69) is 5.32 Å². The summed E-state index contributed by atoms with van der Waals surface area (Å²) < 4.78 is 35.1. The molecule has 0 spiro atoms. The summed E-state index contributed by atoms with van der Waals surface area (Å²) in [7, 11) is 6.07. The number of halogens is 1. The molecule has 0 aliphatic heterocycles. The SMILES string of the molecule is COc1ccc(OC)c(CCN(C(=O)c2cc3cccc(OC)c3o2)C2CC(C(=O)NCCO)=CC(Oc3c(I)cc(CO)cc3OC)C2O)c1. The molecule has 4 N–H and O–H groups in total. The molecule has 0 bridgehead atoms.